The van der Waals surface area contributed by atoms with Gasteiger partial charge in [0.15, 0.2) is 5.82 Å². The van der Waals surface area contributed by atoms with Crippen LogP contribution < -0.4 is 5.73 Å². The van der Waals surface area contributed by atoms with Gasteiger partial charge in [0.2, 0.25) is 0 Å². The van der Waals surface area contributed by atoms with E-state index in [1.165, 1.54) is 19.5 Å². The summed E-state index contributed by atoms with van der Waals surface area (Å²) in [5.74, 6) is 0.251. The molecule has 3 N–H and O–H groups in total. The number of amidine groups is 1. The molecule has 0 saturated heterocycles. The van der Waals surface area contributed by atoms with Gasteiger partial charge in [-0.3, -0.25) is 10.2 Å². The van der Waals surface area contributed by atoms with Gasteiger partial charge in [0.05, 0.1) is 31.1 Å². The number of hydrogen-bond acceptors (Lipinski definition) is 6. The largest absolute Gasteiger partial charge is 0.469 e. The summed E-state index contributed by atoms with van der Waals surface area (Å²) in [4.78, 5) is 24.0. The van der Waals surface area contributed by atoms with E-state index in [0.29, 0.717) is 24.2 Å². The molecule has 1 aromatic carbocycles. The molecule has 0 fully saturated rings. The van der Waals surface area contributed by atoms with Crippen LogP contribution in [0.1, 0.15) is 17.7 Å². The van der Waals surface area contributed by atoms with Gasteiger partial charge < -0.3 is 15.0 Å². The number of hydrogen-bond donors (Lipinski definition) is 2. The Morgan fingerprint density at radius 1 is 1.19 bits per heavy atom. The highest BCUT2D eigenvalue weighted by Gasteiger charge is 2.07. The SMILES string of the molecule is COC(=O)CCc1cn(-c2ccc(-c3ncc(C(=N)N)cn3)cc2)cn1. The number of carbonyl (C=O) groups is 1. The van der Waals surface area contributed by atoms with Crippen LogP contribution >= 0.6 is 0 Å². The number of esters is 1. The fraction of sp³-hybridized carbons (Fsp3) is 0.167. The molecule has 2 heterocycles. The van der Waals surface area contributed by atoms with Crippen LogP contribution in [0.5, 0.6) is 0 Å². The lowest BCUT2D eigenvalue weighted by Gasteiger charge is -2.05. The van der Waals surface area contributed by atoms with Gasteiger partial charge in [-0.2, -0.15) is 0 Å². The molecule has 8 heteroatoms. The molecule has 2 aromatic heterocycles. The van der Waals surface area contributed by atoms with Crippen LogP contribution in [0.4, 0.5) is 0 Å². The van der Waals surface area contributed by atoms with E-state index in [9.17, 15) is 4.79 Å². The maximum atomic E-state index is 11.2. The number of nitrogen functional groups attached to an aromatic ring is 1. The lowest BCUT2D eigenvalue weighted by Crippen LogP contribution is -2.11. The van der Waals surface area contributed by atoms with Gasteiger partial charge in [0.1, 0.15) is 5.84 Å². The Hall–Kier alpha value is -3.55. The highest BCUT2D eigenvalue weighted by molar-refractivity contribution is 5.94. The van der Waals surface area contributed by atoms with E-state index >= 15 is 0 Å². The summed E-state index contributed by atoms with van der Waals surface area (Å²) in [7, 11) is 1.37. The zero-order valence-corrected chi connectivity index (χ0v) is 14.2. The second-order valence-electron chi connectivity index (χ2n) is 5.60. The van der Waals surface area contributed by atoms with E-state index in [2.05, 4.69) is 19.7 Å². The standard InChI is InChI=1S/C18H18N6O2/c1-26-16(25)7-4-14-10-24(11-23-14)15-5-2-12(3-6-15)18-21-8-13(9-22-18)17(19)20/h2-3,5-6,8-11H,4,7H2,1H3,(H3,19,20). The monoisotopic (exact) mass is 350 g/mol. The minimum atomic E-state index is -0.250. The molecule has 3 aromatic rings. The number of carbonyl (C=O) groups excluding carboxylic acids is 1. The first-order valence-electron chi connectivity index (χ1n) is 7.94. The van der Waals surface area contributed by atoms with Gasteiger partial charge in [-0.25, -0.2) is 15.0 Å². The van der Waals surface area contributed by atoms with Crippen LogP contribution in [-0.2, 0) is 16.0 Å². The van der Waals surface area contributed by atoms with E-state index in [1.54, 1.807) is 6.33 Å². The molecule has 0 atom stereocenters. The number of ether oxygens (including phenoxy) is 1. The number of methoxy groups -OCH3 is 1. The van der Waals surface area contributed by atoms with Crippen molar-refractivity contribution in [1.82, 2.24) is 19.5 Å². The molecule has 0 amide bonds. The molecule has 8 nitrogen and oxygen atoms in total. The Morgan fingerprint density at radius 2 is 1.88 bits per heavy atom. The van der Waals surface area contributed by atoms with Crippen LogP contribution in [0.15, 0.2) is 49.2 Å². The smallest absolute Gasteiger partial charge is 0.305 e. The Labute approximate surface area is 150 Å². The number of imidazole rings is 1. The number of rotatable bonds is 6. The Bertz CT molecular complexity index is 916. The number of benzene rings is 1. The van der Waals surface area contributed by atoms with Crippen molar-refractivity contribution in [2.45, 2.75) is 12.8 Å². The summed E-state index contributed by atoms with van der Waals surface area (Å²) >= 11 is 0. The normalized spacial score (nSPS) is 10.5. The number of aromatic nitrogens is 4. The Morgan fingerprint density at radius 3 is 2.50 bits per heavy atom. The molecular formula is C18H18N6O2. The number of nitrogens with one attached hydrogen (secondary N) is 1. The van der Waals surface area contributed by atoms with Crippen molar-refractivity contribution in [3.63, 3.8) is 0 Å². The van der Waals surface area contributed by atoms with Crippen molar-refractivity contribution in [1.29, 1.82) is 5.41 Å². The maximum absolute atomic E-state index is 11.2. The molecule has 0 unspecified atom stereocenters. The highest BCUT2D eigenvalue weighted by Crippen LogP contribution is 2.18. The lowest BCUT2D eigenvalue weighted by molar-refractivity contribution is -0.140. The third-order valence-corrected chi connectivity index (χ3v) is 3.84. The summed E-state index contributed by atoms with van der Waals surface area (Å²) in [5.41, 5.74) is 8.51. The van der Waals surface area contributed by atoms with Crippen molar-refractivity contribution < 1.29 is 9.53 Å². The predicted molar refractivity (Wildman–Crippen MR) is 95.9 cm³/mol. The highest BCUT2D eigenvalue weighted by atomic mass is 16.5. The van der Waals surface area contributed by atoms with Gasteiger partial charge >= 0.3 is 5.97 Å². The van der Waals surface area contributed by atoms with E-state index in [0.717, 1.165) is 16.9 Å². The van der Waals surface area contributed by atoms with Crippen molar-refractivity contribution in [3.8, 4) is 17.1 Å². The van der Waals surface area contributed by atoms with E-state index in [-0.39, 0.29) is 11.8 Å². The summed E-state index contributed by atoms with van der Waals surface area (Å²) < 4.78 is 6.52. The van der Waals surface area contributed by atoms with E-state index in [4.69, 9.17) is 11.1 Å². The van der Waals surface area contributed by atoms with Crippen LogP contribution in [0.25, 0.3) is 17.1 Å². The third kappa shape index (κ3) is 3.92. The molecule has 132 valence electrons. The minimum absolute atomic E-state index is 0.0602. The van der Waals surface area contributed by atoms with Crippen LogP contribution in [0.2, 0.25) is 0 Å². The van der Waals surface area contributed by atoms with E-state index in [1.807, 2.05) is 35.0 Å². The van der Waals surface area contributed by atoms with Gasteiger partial charge in [0, 0.05) is 36.3 Å². The average molecular weight is 350 g/mol. The first kappa shape index (κ1) is 17.3. The van der Waals surface area contributed by atoms with E-state index < -0.39 is 0 Å². The van der Waals surface area contributed by atoms with Crippen molar-refractivity contribution in [2.24, 2.45) is 5.73 Å². The van der Waals surface area contributed by atoms with Gasteiger partial charge in [-0.05, 0) is 24.3 Å². The number of nitrogens with two attached hydrogens (primary N) is 1. The quantitative estimate of drug-likeness (QED) is 0.397. The number of nitrogens with zero attached hydrogens (tertiary/aromatic N) is 4. The Kier molecular flexibility index (Phi) is 5.02. The second-order valence-corrected chi connectivity index (χ2v) is 5.60. The number of aryl methyl sites for hydroxylation is 1. The fourth-order valence-electron chi connectivity index (χ4n) is 2.36. The summed E-state index contributed by atoms with van der Waals surface area (Å²) in [6, 6.07) is 7.69. The zero-order valence-electron chi connectivity index (χ0n) is 14.2. The molecule has 0 spiro atoms. The molecule has 26 heavy (non-hydrogen) atoms. The predicted octanol–water partition coefficient (Wildman–Crippen LogP) is 1.72. The van der Waals surface area contributed by atoms with Crippen molar-refractivity contribution >= 4 is 11.8 Å². The molecule has 0 radical (unpaired) electrons. The summed E-state index contributed by atoms with van der Waals surface area (Å²) in [6.45, 7) is 0. The van der Waals surface area contributed by atoms with Gasteiger partial charge in [0.25, 0.3) is 0 Å². The van der Waals surface area contributed by atoms with Crippen molar-refractivity contribution in [2.75, 3.05) is 7.11 Å². The van der Waals surface area contributed by atoms with Crippen LogP contribution in [-0.4, -0.2) is 38.4 Å². The lowest BCUT2D eigenvalue weighted by atomic mass is 10.2. The summed E-state index contributed by atoms with van der Waals surface area (Å²) in [6.07, 6.45) is 7.49. The molecular weight excluding hydrogens is 332 g/mol. The second kappa shape index (κ2) is 7.56. The molecule has 0 bridgehead atoms. The van der Waals surface area contributed by atoms with Crippen molar-refractivity contribution in [3.05, 3.63) is 60.4 Å². The topological polar surface area (TPSA) is 120 Å². The molecule has 3 rings (SSSR count). The maximum Gasteiger partial charge on any atom is 0.305 e. The molecule has 0 aliphatic carbocycles. The first-order chi connectivity index (χ1) is 12.6. The Balaban J connectivity index is 1.72. The zero-order chi connectivity index (χ0) is 18.5. The third-order valence-electron chi connectivity index (χ3n) is 3.84. The molecule has 0 aliphatic heterocycles. The fourth-order valence-corrected chi connectivity index (χ4v) is 2.36. The van der Waals surface area contributed by atoms with Gasteiger partial charge in [-0.1, -0.05) is 0 Å². The summed E-state index contributed by atoms with van der Waals surface area (Å²) in [5, 5.41) is 7.36. The molecule has 0 saturated carbocycles. The van der Waals surface area contributed by atoms with Gasteiger partial charge in [-0.15, -0.1) is 0 Å². The minimum Gasteiger partial charge on any atom is -0.469 e. The van der Waals surface area contributed by atoms with Crippen LogP contribution in [0, 0.1) is 5.41 Å². The van der Waals surface area contributed by atoms with Crippen LogP contribution in [0.3, 0.4) is 0 Å². The molecule has 0 aliphatic rings. The average Bonchev–Trinajstić information content (AvgIpc) is 3.15. The first-order valence-corrected chi connectivity index (χ1v) is 7.94.